The summed E-state index contributed by atoms with van der Waals surface area (Å²) in [5.41, 5.74) is 5.67. The van der Waals surface area contributed by atoms with E-state index in [9.17, 15) is 19.8 Å². The smallest absolute Gasteiger partial charge is 0.314 e. The Kier molecular flexibility index (Phi) is 4.83. The van der Waals surface area contributed by atoms with Crippen LogP contribution in [0.4, 0.5) is 17.1 Å². The molecule has 23 heavy (non-hydrogen) atoms. The zero-order valence-electron chi connectivity index (χ0n) is 11.4. The summed E-state index contributed by atoms with van der Waals surface area (Å²) in [5.74, 6) is -2.86. The van der Waals surface area contributed by atoms with E-state index >= 15 is 0 Å². The molecule has 0 heterocycles. The van der Waals surface area contributed by atoms with E-state index < -0.39 is 17.6 Å². The quantitative estimate of drug-likeness (QED) is 0.245. The number of anilines is 3. The lowest BCUT2D eigenvalue weighted by atomic mass is 10.2. The molecule has 0 aliphatic carbocycles. The Labute approximate surface area is 140 Å². The molecule has 0 unspecified atom stereocenters. The van der Waals surface area contributed by atoms with Crippen molar-refractivity contribution in [3.63, 3.8) is 0 Å². The minimum Gasteiger partial charge on any atom is -0.506 e. The maximum atomic E-state index is 11.9. The molecule has 2 amide bonds. The van der Waals surface area contributed by atoms with Crippen LogP contribution in [0.2, 0.25) is 10.0 Å². The van der Waals surface area contributed by atoms with Crippen molar-refractivity contribution in [1.82, 2.24) is 0 Å². The van der Waals surface area contributed by atoms with Crippen LogP contribution in [0.25, 0.3) is 0 Å². The van der Waals surface area contributed by atoms with Crippen LogP contribution in [-0.4, -0.2) is 22.0 Å². The molecule has 0 spiro atoms. The molecular formula is C14H11Cl2N3O4. The van der Waals surface area contributed by atoms with E-state index in [1.54, 1.807) is 0 Å². The maximum Gasteiger partial charge on any atom is 0.314 e. The maximum absolute atomic E-state index is 11.9. The Balaban J connectivity index is 2.15. The summed E-state index contributed by atoms with van der Waals surface area (Å²) in [6.07, 6.45) is 0. The molecule has 7 nitrogen and oxygen atoms in total. The Morgan fingerprint density at radius 3 is 2.22 bits per heavy atom. The monoisotopic (exact) mass is 355 g/mol. The molecule has 0 aromatic heterocycles. The van der Waals surface area contributed by atoms with Crippen molar-refractivity contribution in [2.75, 3.05) is 16.4 Å². The highest BCUT2D eigenvalue weighted by atomic mass is 35.5. The highest BCUT2D eigenvalue weighted by Gasteiger charge is 2.18. The fraction of sp³-hybridized carbons (Fsp3) is 0. The molecule has 0 atom stereocenters. The summed E-state index contributed by atoms with van der Waals surface area (Å²) < 4.78 is 0. The van der Waals surface area contributed by atoms with E-state index in [0.29, 0.717) is 0 Å². The number of rotatable bonds is 2. The number of nitrogens with one attached hydrogen (secondary N) is 2. The molecular weight excluding hydrogens is 345 g/mol. The predicted molar refractivity (Wildman–Crippen MR) is 87.9 cm³/mol. The van der Waals surface area contributed by atoms with Crippen LogP contribution in [0, 0.1) is 0 Å². The highest BCUT2D eigenvalue weighted by molar-refractivity contribution is 6.44. The van der Waals surface area contributed by atoms with Crippen LogP contribution >= 0.6 is 23.2 Å². The zero-order chi connectivity index (χ0) is 17.1. The molecule has 2 aromatic carbocycles. The average Bonchev–Trinajstić information content (AvgIpc) is 2.47. The van der Waals surface area contributed by atoms with Crippen LogP contribution < -0.4 is 16.4 Å². The first-order valence-electron chi connectivity index (χ1n) is 6.16. The van der Waals surface area contributed by atoms with Gasteiger partial charge in [-0.1, -0.05) is 23.2 Å². The van der Waals surface area contributed by atoms with Crippen molar-refractivity contribution < 1.29 is 19.8 Å². The van der Waals surface area contributed by atoms with Crippen LogP contribution in [0.15, 0.2) is 30.3 Å². The fourth-order valence-corrected chi connectivity index (χ4v) is 2.17. The summed E-state index contributed by atoms with van der Waals surface area (Å²) in [6, 6.07) is 6.49. The Hall–Kier alpha value is -2.64. The second-order valence-electron chi connectivity index (χ2n) is 4.47. The van der Waals surface area contributed by atoms with Crippen molar-refractivity contribution in [3.8, 4) is 11.5 Å². The molecule has 0 radical (unpaired) electrons. The summed E-state index contributed by atoms with van der Waals surface area (Å²) in [4.78, 5) is 23.7. The Morgan fingerprint density at radius 2 is 1.57 bits per heavy atom. The van der Waals surface area contributed by atoms with Crippen molar-refractivity contribution in [1.29, 1.82) is 0 Å². The SMILES string of the molecule is Nc1ccc(O)c(NC(=O)C(=O)Nc2cc(Cl)cc(Cl)c2O)c1. The van der Waals surface area contributed by atoms with Crippen molar-refractivity contribution in [2.24, 2.45) is 0 Å². The van der Waals surface area contributed by atoms with Crippen molar-refractivity contribution in [2.45, 2.75) is 0 Å². The minimum absolute atomic E-state index is 0.0292. The van der Waals surface area contributed by atoms with Gasteiger partial charge in [-0.2, -0.15) is 0 Å². The molecule has 9 heteroatoms. The lowest BCUT2D eigenvalue weighted by Crippen LogP contribution is -2.29. The number of hydrogen-bond donors (Lipinski definition) is 5. The highest BCUT2D eigenvalue weighted by Crippen LogP contribution is 2.35. The van der Waals surface area contributed by atoms with E-state index in [1.807, 2.05) is 0 Å². The lowest BCUT2D eigenvalue weighted by molar-refractivity contribution is -0.133. The number of benzene rings is 2. The minimum atomic E-state index is -1.10. The number of aromatic hydroxyl groups is 2. The standard InChI is InChI=1S/C14H11Cl2N3O4/c15-6-3-8(16)12(21)10(4-6)19-14(23)13(22)18-9-5-7(17)1-2-11(9)20/h1-5,20-21H,17H2,(H,18,22)(H,19,23). The summed E-state index contributed by atoms with van der Waals surface area (Å²) in [7, 11) is 0. The van der Waals surface area contributed by atoms with Gasteiger partial charge in [0.1, 0.15) is 5.75 Å². The number of phenols is 2. The van der Waals surface area contributed by atoms with E-state index in [-0.39, 0.29) is 32.9 Å². The van der Waals surface area contributed by atoms with Gasteiger partial charge in [0, 0.05) is 10.7 Å². The van der Waals surface area contributed by atoms with Crippen molar-refractivity contribution >= 4 is 52.1 Å². The van der Waals surface area contributed by atoms with Gasteiger partial charge in [-0.05, 0) is 30.3 Å². The summed E-state index contributed by atoms with van der Waals surface area (Å²) in [6.45, 7) is 0. The van der Waals surface area contributed by atoms with Crippen molar-refractivity contribution in [3.05, 3.63) is 40.4 Å². The number of carbonyl (C=O) groups excluding carboxylic acids is 2. The van der Waals surface area contributed by atoms with Gasteiger partial charge in [-0.25, -0.2) is 0 Å². The van der Waals surface area contributed by atoms with Gasteiger partial charge in [0.05, 0.1) is 16.4 Å². The number of halogens is 2. The van der Waals surface area contributed by atoms with Gasteiger partial charge in [0.2, 0.25) is 0 Å². The molecule has 2 rings (SSSR count). The number of nitrogens with two attached hydrogens (primary N) is 1. The molecule has 0 saturated carbocycles. The molecule has 120 valence electrons. The fourth-order valence-electron chi connectivity index (χ4n) is 1.67. The predicted octanol–water partition coefficient (Wildman–Crippen LogP) is 2.56. The van der Waals surface area contributed by atoms with Crippen LogP contribution in [-0.2, 0) is 9.59 Å². The molecule has 0 saturated heterocycles. The first-order chi connectivity index (χ1) is 10.8. The van der Waals surface area contributed by atoms with Gasteiger partial charge in [0.15, 0.2) is 5.75 Å². The number of amides is 2. The zero-order valence-corrected chi connectivity index (χ0v) is 12.9. The topological polar surface area (TPSA) is 125 Å². The van der Waals surface area contributed by atoms with E-state index in [0.717, 1.165) is 0 Å². The summed E-state index contributed by atoms with van der Waals surface area (Å²) in [5, 5.41) is 23.8. The lowest BCUT2D eigenvalue weighted by Gasteiger charge is -2.10. The Bertz CT molecular complexity index is 796. The van der Waals surface area contributed by atoms with Crippen LogP contribution in [0.1, 0.15) is 0 Å². The Morgan fingerprint density at radius 1 is 0.957 bits per heavy atom. The van der Waals surface area contributed by atoms with E-state index in [1.165, 1.54) is 30.3 Å². The van der Waals surface area contributed by atoms with E-state index in [2.05, 4.69) is 10.6 Å². The second kappa shape index (κ2) is 6.64. The van der Waals surface area contributed by atoms with Gasteiger partial charge in [-0.15, -0.1) is 0 Å². The first-order valence-corrected chi connectivity index (χ1v) is 6.92. The van der Waals surface area contributed by atoms with Gasteiger partial charge >= 0.3 is 11.8 Å². The number of phenolic OH excluding ortho intramolecular Hbond substituents is 2. The van der Waals surface area contributed by atoms with Crippen LogP contribution in [0.5, 0.6) is 11.5 Å². The average molecular weight is 356 g/mol. The van der Waals surface area contributed by atoms with Gasteiger partial charge < -0.3 is 26.6 Å². The normalized spacial score (nSPS) is 10.2. The second-order valence-corrected chi connectivity index (χ2v) is 5.31. The molecule has 0 aliphatic heterocycles. The molecule has 2 aromatic rings. The first kappa shape index (κ1) is 16.7. The van der Waals surface area contributed by atoms with Gasteiger partial charge in [-0.3, -0.25) is 9.59 Å². The molecule has 0 aliphatic rings. The number of nitrogen functional groups attached to an aromatic ring is 1. The third-order valence-electron chi connectivity index (χ3n) is 2.75. The molecule has 6 N–H and O–H groups in total. The third kappa shape index (κ3) is 3.97. The van der Waals surface area contributed by atoms with Gasteiger partial charge in [0.25, 0.3) is 0 Å². The number of carbonyl (C=O) groups is 2. The molecule has 0 fully saturated rings. The summed E-state index contributed by atoms with van der Waals surface area (Å²) >= 11 is 11.5. The molecule has 0 bridgehead atoms. The van der Waals surface area contributed by atoms with Crippen LogP contribution in [0.3, 0.4) is 0 Å². The third-order valence-corrected chi connectivity index (χ3v) is 3.26. The largest absolute Gasteiger partial charge is 0.506 e. The van der Waals surface area contributed by atoms with E-state index in [4.69, 9.17) is 28.9 Å². The number of hydrogen-bond acceptors (Lipinski definition) is 5.